The van der Waals surface area contributed by atoms with Crippen LogP contribution >= 0.6 is 0 Å². The lowest BCUT2D eigenvalue weighted by molar-refractivity contribution is -0.116. The normalized spacial score (nSPS) is 10.6. The van der Waals surface area contributed by atoms with Gasteiger partial charge in [0.2, 0.25) is 5.91 Å². The molecule has 0 fully saturated rings. The number of amides is 1. The van der Waals surface area contributed by atoms with Crippen molar-refractivity contribution in [3.63, 3.8) is 0 Å². The van der Waals surface area contributed by atoms with Gasteiger partial charge in [0, 0.05) is 18.2 Å². The van der Waals surface area contributed by atoms with Crippen LogP contribution in [0.1, 0.15) is 24.2 Å². The molecule has 146 valence electrons. The molecule has 0 saturated heterocycles. The first kappa shape index (κ1) is 19.6. The third-order valence-electron chi connectivity index (χ3n) is 3.92. The van der Waals surface area contributed by atoms with Gasteiger partial charge in [0.1, 0.15) is 23.9 Å². The van der Waals surface area contributed by atoms with E-state index in [0.717, 1.165) is 17.0 Å². The number of benzene rings is 2. The van der Waals surface area contributed by atoms with Gasteiger partial charge >= 0.3 is 0 Å². The first-order valence-corrected chi connectivity index (χ1v) is 9.06. The number of anilines is 1. The van der Waals surface area contributed by atoms with E-state index in [1.807, 2.05) is 36.4 Å². The molecule has 2 aromatic carbocycles. The number of rotatable bonds is 10. The number of halogens is 1. The molecule has 1 amide bonds. The Morgan fingerprint density at radius 1 is 1.04 bits per heavy atom. The third-order valence-corrected chi connectivity index (χ3v) is 3.92. The van der Waals surface area contributed by atoms with Crippen LogP contribution in [0.25, 0.3) is 0 Å². The van der Waals surface area contributed by atoms with Gasteiger partial charge < -0.3 is 19.2 Å². The van der Waals surface area contributed by atoms with Crippen LogP contribution in [0.3, 0.4) is 0 Å². The standard InChI is InChI=1S/C22H22FNO4/c23-18-6-2-8-20(14-18)27-12-4-10-22(25)24-19-7-1-5-17(13-19)15-26-16-21-9-3-11-28-21/h1-3,5-9,11,13-14H,4,10,12,15-16H2,(H,24,25). The molecule has 3 rings (SSSR count). The van der Waals surface area contributed by atoms with E-state index in [2.05, 4.69) is 5.32 Å². The Morgan fingerprint density at radius 2 is 1.93 bits per heavy atom. The van der Waals surface area contributed by atoms with E-state index >= 15 is 0 Å². The molecule has 0 aliphatic rings. The summed E-state index contributed by atoms with van der Waals surface area (Å²) in [7, 11) is 0. The number of carbonyl (C=O) groups is 1. The minimum Gasteiger partial charge on any atom is -0.493 e. The van der Waals surface area contributed by atoms with Gasteiger partial charge in [-0.25, -0.2) is 4.39 Å². The van der Waals surface area contributed by atoms with Crippen molar-refractivity contribution >= 4 is 11.6 Å². The van der Waals surface area contributed by atoms with E-state index in [0.29, 0.717) is 38.4 Å². The van der Waals surface area contributed by atoms with Gasteiger partial charge in [0.25, 0.3) is 0 Å². The Hall–Kier alpha value is -3.12. The highest BCUT2D eigenvalue weighted by atomic mass is 19.1. The minimum atomic E-state index is -0.344. The van der Waals surface area contributed by atoms with Crippen molar-refractivity contribution < 1.29 is 23.1 Å². The van der Waals surface area contributed by atoms with Crippen LogP contribution < -0.4 is 10.1 Å². The summed E-state index contributed by atoms with van der Waals surface area (Å²) in [5, 5.41) is 2.87. The van der Waals surface area contributed by atoms with Crippen molar-refractivity contribution in [2.45, 2.75) is 26.1 Å². The van der Waals surface area contributed by atoms with Crippen molar-refractivity contribution in [1.82, 2.24) is 0 Å². The number of carbonyl (C=O) groups excluding carboxylic acids is 1. The van der Waals surface area contributed by atoms with Crippen molar-refractivity contribution in [2.24, 2.45) is 0 Å². The van der Waals surface area contributed by atoms with Crippen molar-refractivity contribution in [3.05, 3.63) is 84.1 Å². The summed E-state index contributed by atoms with van der Waals surface area (Å²) < 4.78 is 29.3. The highest BCUT2D eigenvalue weighted by Crippen LogP contribution is 2.14. The number of nitrogens with one attached hydrogen (secondary N) is 1. The molecule has 6 heteroatoms. The van der Waals surface area contributed by atoms with Crippen LogP contribution in [0.5, 0.6) is 5.75 Å². The predicted molar refractivity (Wildman–Crippen MR) is 103 cm³/mol. The molecular formula is C22H22FNO4. The van der Waals surface area contributed by atoms with E-state index in [1.165, 1.54) is 12.1 Å². The largest absolute Gasteiger partial charge is 0.493 e. The lowest BCUT2D eigenvalue weighted by Crippen LogP contribution is -2.13. The Morgan fingerprint density at radius 3 is 2.75 bits per heavy atom. The molecule has 28 heavy (non-hydrogen) atoms. The van der Waals surface area contributed by atoms with Gasteiger partial charge in [-0.05, 0) is 48.4 Å². The van der Waals surface area contributed by atoms with Crippen molar-refractivity contribution in [2.75, 3.05) is 11.9 Å². The summed E-state index contributed by atoms with van der Waals surface area (Å²) in [6.45, 7) is 1.16. The molecule has 0 saturated carbocycles. The Balaban J connectivity index is 1.37. The first-order chi connectivity index (χ1) is 13.7. The molecule has 0 radical (unpaired) electrons. The van der Waals surface area contributed by atoms with E-state index < -0.39 is 0 Å². The fourth-order valence-corrected chi connectivity index (χ4v) is 2.61. The van der Waals surface area contributed by atoms with E-state index in [1.54, 1.807) is 18.4 Å². The second-order valence-electron chi connectivity index (χ2n) is 6.23. The summed E-state index contributed by atoms with van der Waals surface area (Å²) in [4.78, 5) is 12.1. The van der Waals surface area contributed by atoms with Crippen molar-refractivity contribution in [3.8, 4) is 5.75 Å². The fraction of sp³-hybridized carbons (Fsp3) is 0.227. The lowest BCUT2D eigenvalue weighted by atomic mass is 10.2. The van der Waals surface area contributed by atoms with Crippen LogP contribution in [0.15, 0.2) is 71.3 Å². The maximum absolute atomic E-state index is 13.1. The number of hydrogen-bond donors (Lipinski definition) is 1. The Kier molecular flexibility index (Phi) is 7.21. The summed E-state index contributed by atoms with van der Waals surface area (Å²) in [6.07, 6.45) is 2.46. The fourth-order valence-electron chi connectivity index (χ4n) is 2.61. The molecule has 0 spiro atoms. The number of furan rings is 1. The van der Waals surface area contributed by atoms with E-state index in [-0.39, 0.29) is 11.7 Å². The molecule has 1 aromatic heterocycles. The smallest absolute Gasteiger partial charge is 0.224 e. The highest BCUT2D eigenvalue weighted by molar-refractivity contribution is 5.90. The predicted octanol–water partition coefficient (Wildman–Crippen LogP) is 4.93. The van der Waals surface area contributed by atoms with Gasteiger partial charge in [-0.15, -0.1) is 0 Å². The zero-order chi connectivity index (χ0) is 19.6. The monoisotopic (exact) mass is 383 g/mol. The van der Waals surface area contributed by atoms with Crippen LogP contribution in [0.2, 0.25) is 0 Å². The molecule has 0 bridgehead atoms. The van der Waals surface area contributed by atoms with Crippen LogP contribution in [-0.2, 0) is 22.7 Å². The maximum atomic E-state index is 13.1. The van der Waals surface area contributed by atoms with E-state index in [4.69, 9.17) is 13.9 Å². The zero-order valence-electron chi connectivity index (χ0n) is 15.4. The molecule has 1 heterocycles. The lowest BCUT2D eigenvalue weighted by Gasteiger charge is -2.09. The molecule has 3 aromatic rings. The van der Waals surface area contributed by atoms with Crippen LogP contribution in [-0.4, -0.2) is 12.5 Å². The van der Waals surface area contributed by atoms with Gasteiger partial charge in [0.15, 0.2) is 0 Å². The summed E-state index contributed by atoms with van der Waals surface area (Å²) in [6, 6.07) is 17.1. The summed E-state index contributed by atoms with van der Waals surface area (Å²) >= 11 is 0. The summed E-state index contributed by atoms with van der Waals surface area (Å²) in [5.74, 6) is 0.785. The number of hydrogen-bond acceptors (Lipinski definition) is 4. The van der Waals surface area contributed by atoms with Crippen molar-refractivity contribution in [1.29, 1.82) is 0 Å². The topological polar surface area (TPSA) is 60.7 Å². The van der Waals surface area contributed by atoms with Gasteiger partial charge in [0.05, 0.1) is 19.5 Å². The molecule has 5 nitrogen and oxygen atoms in total. The Labute approximate surface area is 163 Å². The average molecular weight is 383 g/mol. The summed E-state index contributed by atoms with van der Waals surface area (Å²) in [5.41, 5.74) is 1.67. The maximum Gasteiger partial charge on any atom is 0.224 e. The first-order valence-electron chi connectivity index (χ1n) is 9.06. The van der Waals surface area contributed by atoms with Crippen LogP contribution in [0, 0.1) is 5.82 Å². The molecule has 1 N–H and O–H groups in total. The zero-order valence-corrected chi connectivity index (χ0v) is 15.4. The third kappa shape index (κ3) is 6.55. The minimum absolute atomic E-state index is 0.100. The molecule has 0 aliphatic heterocycles. The quantitative estimate of drug-likeness (QED) is 0.504. The molecule has 0 aliphatic carbocycles. The second-order valence-corrected chi connectivity index (χ2v) is 6.23. The number of ether oxygens (including phenoxy) is 2. The molecule has 0 atom stereocenters. The van der Waals surface area contributed by atoms with E-state index in [9.17, 15) is 9.18 Å². The average Bonchev–Trinajstić information content (AvgIpc) is 3.19. The SMILES string of the molecule is O=C(CCCOc1cccc(F)c1)Nc1cccc(COCc2ccco2)c1. The second kappa shape index (κ2) is 10.3. The Bertz CT molecular complexity index is 880. The van der Waals surface area contributed by atoms with Gasteiger partial charge in [-0.2, -0.15) is 0 Å². The highest BCUT2D eigenvalue weighted by Gasteiger charge is 2.05. The van der Waals surface area contributed by atoms with Crippen LogP contribution in [0.4, 0.5) is 10.1 Å². The van der Waals surface area contributed by atoms with Gasteiger partial charge in [-0.1, -0.05) is 18.2 Å². The molecular weight excluding hydrogens is 361 g/mol. The van der Waals surface area contributed by atoms with Gasteiger partial charge in [-0.3, -0.25) is 4.79 Å². The molecule has 0 unspecified atom stereocenters.